The molecule has 2 aliphatic heterocycles. The van der Waals surface area contributed by atoms with Gasteiger partial charge in [-0.25, -0.2) is 4.79 Å². The summed E-state index contributed by atoms with van der Waals surface area (Å²) >= 11 is 0. The van der Waals surface area contributed by atoms with Gasteiger partial charge >= 0.3 is 11.9 Å². The fourth-order valence-electron chi connectivity index (χ4n) is 10.4. The second-order valence-corrected chi connectivity index (χ2v) is 14.3. The van der Waals surface area contributed by atoms with E-state index in [1.54, 1.807) is 13.2 Å². The van der Waals surface area contributed by atoms with Gasteiger partial charge in [0.25, 0.3) is 0 Å². The molecule has 2 heterocycles. The average molecular weight is 577 g/mol. The zero-order valence-corrected chi connectivity index (χ0v) is 25.2. The largest absolute Gasteiger partial charge is 0.462 e. The van der Waals surface area contributed by atoms with Crippen LogP contribution in [-0.4, -0.2) is 78.3 Å². The highest BCUT2D eigenvalue weighted by Crippen LogP contribution is 2.70. The van der Waals surface area contributed by atoms with E-state index in [1.807, 2.05) is 6.92 Å². The molecule has 3 unspecified atom stereocenters. The molecule has 9 heteroatoms. The van der Waals surface area contributed by atoms with E-state index < -0.39 is 23.2 Å². The molecule has 4 aliphatic carbocycles. The SMILES string of the molecule is COC1C[C@H](O[C@H]2CC[C@]3(C)C4CC[C@]5(C)[C@@H](C6=CC(=O)OC6)[C@@H](OC(C)=O)C[C@]5(O)[C@@H]4CC[C@@H]3C2)OC(C)[C@@H]1O. The predicted octanol–water partition coefficient (Wildman–Crippen LogP) is 3.68. The maximum absolute atomic E-state index is 12.7. The van der Waals surface area contributed by atoms with E-state index in [-0.39, 0.29) is 60.4 Å². The second-order valence-electron chi connectivity index (χ2n) is 14.3. The molecule has 0 bridgehead atoms. The van der Waals surface area contributed by atoms with Crippen LogP contribution in [0.25, 0.3) is 0 Å². The first-order valence-corrected chi connectivity index (χ1v) is 15.7. The number of aliphatic hydroxyl groups is 2. The van der Waals surface area contributed by atoms with E-state index in [0.717, 1.165) is 50.5 Å². The van der Waals surface area contributed by atoms with Gasteiger partial charge in [-0.3, -0.25) is 4.79 Å². The molecule has 0 aromatic carbocycles. The summed E-state index contributed by atoms with van der Waals surface area (Å²) in [6.07, 6.45) is 7.14. The number of aliphatic hydroxyl groups excluding tert-OH is 1. The van der Waals surface area contributed by atoms with E-state index in [0.29, 0.717) is 24.7 Å². The summed E-state index contributed by atoms with van der Waals surface area (Å²) in [5.74, 6) is 0.0175. The summed E-state index contributed by atoms with van der Waals surface area (Å²) < 4.78 is 29.1. The molecule has 0 radical (unpaired) electrons. The number of rotatable bonds is 5. The van der Waals surface area contributed by atoms with Gasteiger partial charge in [-0.2, -0.15) is 0 Å². The Kier molecular flexibility index (Phi) is 7.62. The minimum absolute atomic E-state index is 0.0898. The first-order chi connectivity index (χ1) is 19.4. The molecule has 0 amide bonds. The Labute approximate surface area is 243 Å². The average Bonchev–Trinajstić information content (AvgIpc) is 3.42. The number of carbonyl (C=O) groups excluding carboxylic acids is 2. The van der Waals surface area contributed by atoms with Gasteiger partial charge < -0.3 is 33.9 Å². The highest BCUT2D eigenvalue weighted by atomic mass is 16.7. The summed E-state index contributed by atoms with van der Waals surface area (Å²) in [5, 5.41) is 23.0. The molecule has 9 nitrogen and oxygen atoms in total. The monoisotopic (exact) mass is 576 g/mol. The van der Waals surface area contributed by atoms with Crippen molar-refractivity contribution in [3.05, 3.63) is 11.6 Å². The van der Waals surface area contributed by atoms with Gasteiger partial charge in [0.2, 0.25) is 0 Å². The lowest BCUT2D eigenvalue weighted by Gasteiger charge is -2.63. The molecule has 1 saturated heterocycles. The van der Waals surface area contributed by atoms with Crippen LogP contribution in [0.2, 0.25) is 0 Å². The van der Waals surface area contributed by atoms with Gasteiger partial charge in [-0.05, 0) is 80.6 Å². The van der Waals surface area contributed by atoms with Crippen molar-refractivity contribution in [3.8, 4) is 0 Å². The molecule has 2 N–H and O–H groups in total. The normalized spacial score (nSPS) is 51.2. The second kappa shape index (κ2) is 10.6. The maximum Gasteiger partial charge on any atom is 0.331 e. The summed E-state index contributed by atoms with van der Waals surface area (Å²) in [7, 11) is 1.62. The highest BCUT2D eigenvalue weighted by molar-refractivity contribution is 5.85. The molecule has 0 aromatic rings. The van der Waals surface area contributed by atoms with Gasteiger partial charge in [0, 0.05) is 44.3 Å². The zero-order valence-electron chi connectivity index (χ0n) is 25.2. The van der Waals surface area contributed by atoms with Gasteiger partial charge in [-0.15, -0.1) is 0 Å². The van der Waals surface area contributed by atoms with Crippen LogP contribution in [0.4, 0.5) is 0 Å². The molecule has 41 heavy (non-hydrogen) atoms. The lowest BCUT2D eigenvalue weighted by atomic mass is 9.43. The number of methoxy groups -OCH3 is 1. The number of fused-ring (bicyclic) bond motifs is 5. The van der Waals surface area contributed by atoms with Crippen molar-refractivity contribution in [2.75, 3.05) is 13.7 Å². The lowest BCUT2D eigenvalue weighted by molar-refractivity contribution is -0.273. The molecule has 5 fully saturated rings. The standard InChI is InChI=1S/C32H48O9/c1-17-29(35)24(37-5)14-27(39-17)41-21-8-10-30(3)20(13-21)6-7-23-22(30)9-11-31(4)28(19-12-26(34)38-16-19)25(40-18(2)33)15-32(23,31)36/h12,17,20-25,27-29,35-36H,6-11,13-16H2,1-5H3/t17?,20-,21+,22?,23-,24?,25+,27+,28+,29+,30+,31-,32+/m1/s1. The van der Waals surface area contributed by atoms with Gasteiger partial charge in [-0.1, -0.05) is 13.8 Å². The van der Waals surface area contributed by atoms with Crippen LogP contribution in [0.5, 0.6) is 0 Å². The van der Waals surface area contributed by atoms with E-state index in [4.69, 9.17) is 23.7 Å². The van der Waals surface area contributed by atoms with Crippen LogP contribution in [0, 0.1) is 34.5 Å². The summed E-state index contributed by atoms with van der Waals surface area (Å²) in [4.78, 5) is 24.2. The van der Waals surface area contributed by atoms with Crippen LogP contribution >= 0.6 is 0 Å². The van der Waals surface area contributed by atoms with Crippen LogP contribution in [0.1, 0.15) is 85.5 Å². The Balaban J connectivity index is 1.19. The van der Waals surface area contributed by atoms with Crippen molar-refractivity contribution in [1.82, 2.24) is 0 Å². The van der Waals surface area contributed by atoms with Crippen molar-refractivity contribution in [2.45, 2.75) is 128 Å². The van der Waals surface area contributed by atoms with E-state index in [1.165, 1.54) is 6.92 Å². The molecule has 230 valence electrons. The number of hydrogen-bond acceptors (Lipinski definition) is 9. The fourth-order valence-corrected chi connectivity index (χ4v) is 10.4. The van der Waals surface area contributed by atoms with Crippen LogP contribution in [0.15, 0.2) is 11.6 Å². The lowest BCUT2D eigenvalue weighted by Crippen LogP contribution is -2.62. The molecule has 6 aliphatic rings. The molecular formula is C32H48O9. The van der Waals surface area contributed by atoms with Crippen LogP contribution in [0.3, 0.4) is 0 Å². The highest BCUT2D eigenvalue weighted by Gasteiger charge is 2.71. The van der Waals surface area contributed by atoms with E-state index in [2.05, 4.69) is 13.8 Å². The first-order valence-electron chi connectivity index (χ1n) is 15.7. The molecule has 13 atom stereocenters. The minimum atomic E-state index is -0.990. The van der Waals surface area contributed by atoms with Crippen molar-refractivity contribution in [2.24, 2.45) is 34.5 Å². The Morgan fingerprint density at radius 1 is 1.07 bits per heavy atom. The Bertz CT molecular complexity index is 1080. The molecule has 4 saturated carbocycles. The third-order valence-electron chi connectivity index (χ3n) is 12.5. The molecule has 6 rings (SSSR count). The third-order valence-corrected chi connectivity index (χ3v) is 12.5. The fraction of sp³-hybridized carbons (Fsp3) is 0.875. The summed E-state index contributed by atoms with van der Waals surface area (Å²) in [6.45, 7) is 8.06. The minimum Gasteiger partial charge on any atom is -0.462 e. The van der Waals surface area contributed by atoms with Crippen molar-refractivity contribution < 1.29 is 43.5 Å². The number of esters is 2. The molecule has 0 aromatic heterocycles. The van der Waals surface area contributed by atoms with E-state index >= 15 is 0 Å². The number of carbonyl (C=O) groups is 2. The number of ether oxygens (including phenoxy) is 5. The summed E-state index contributed by atoms with van der Waals surface area (Å²) in [6, 6.07) is 0. The zero-order chi connectivity index (χ0) is 29.3. The first kappa shape index (κ1) is 29.5. The van der Waals surface area contributed by atoms with Gasteiger partial charge in [0.15, 0.2) is 6.29 Å². The Morgan fingerprint density at radius 3 is 2.54 bits per heavy atom. The maximum atomic E-state index is 12.7. The molecule has 0 spiro atoms. The third kappa shape index (κ3) is 4.69. The Morgan fingerprint density at radius 2 is 1.85 bits per heavy atom. The van der Waals surface area contributed by atoms with Gasteiger partial charge in [0.1, 0.15) is 18.8 Å². The molecular weight excluding hydrogens is 528 g/mol. The summed E-state index contributed by atoms with van der Waals surface area (Å²) in [5.41, 5.74) is -0.559. The smallest absolute Gasteiger partial charge is 0.331 e. The van der Waals surface area contributed by atoms with E-state index in [9.17, 15) is 19.8 Å². The van der Waals surface area contributed by atoms with Crippen LogP contribution < -0.4 is 0 Å². The predicted molar refractivity (Wildman–Crippen MR) is 147 cm³/mol. The quantitative estimate of drug-likeness (QED) is 0.373. The van der Waals surface area contributed by atoms with Crippen molar-refractivity contribution in [1.29, 1.82) is 0 Å². The Hall–Kier alpha value is -1.52. The van der Waals surface area contributed by atoms with Crippen molar-refractivity contribution >= 4 is 11.9 Å². The number of cyclic esters (lactones) is 1. The van der Waals surface area contributed by atoms with Crippen LogP contribution in [-0.2, 0) is 33.3 Å². The van der Waals surface area contributed by atoms with Crippen molar-refractivity contribution in [3.63, 3.8) is 0 Å². The van der Waals surface area contributed by atoms with Gasteiger partial charge in [0.05, 0.1) is 23.9 Å². The number of hydrogen-bond donors (Lipinski definition) is 2. The topological polar surface area (TPSA) is 121 Å².